The number of benzene rings is 1. The van der Waals surface area contributed by atoms with Crippen molar-refractivity contribution in [2.75, 3.05) is 33.7 Å². The van der Waals surface area contributed by atoms with Crippen LogP contribution < -0.4 is 0 Å². The molecule has 0 unspecified atom stereocenters. The van der Waals surface area contributed by atoms with Gasteiger partial charge in [-0.3, -0.25) is 4.79 Å². The summed E-state index contributed by atoms with van der Waals surface area (Å²) in [5, 5.41) is 0. The summed E-state index contributed by atoms with van der Waals surface area (Å²) in [5.74, 6) is 0.0407. The quantitative estimate of drug-likeness (QED) is 0.836. The van der Waals surface area contributed by atoms with E-state index in [0.29, 0.717) is 43.6 Å². The Morgan fingerprint density at radius 3 is 2.54 bits per heavy atom. The van der Waals surface area contributed by atoms with E-state index in [1.54, 1.807) is 24.0 Å². The number of halogens is 3. The topological polar surface area (TPSA) is 23.6 Å². The first-order valence-electron chi connectivity index (χ1n) is 7.98. The summed E-state index contributed by atoms with van der Waals surface area (Å²) < 4.78 is 39.8. The number of alkyl halides is 3. The molecule has 0 aromatic heterocycles. The Hall–Kier alpha value is -1.82. The number of amides is 1. The van der Waals surface area contributed by atoms with Crippen LogP contribution in [0, 0.1) is 6.92 Å². The Morgan fingerprint density at radius 2 is 2.00 bits per heavy atom. The van der Waals surface area contributed by atoms with Crippen LogP contribution in [0.15, 0.2) is 24.3 Å². The van der Waals surface area contributed by atoms with E-state index in [1.165, 1.54) is 12.1 Å². The molecule has 0 radical (unpaired) electrons. The second kappa shape index (κ2) is 7.38. The van der Waals surface area contributed by atoms with Crippen LogP contribution >= 0.6 is 0 Å². The van der Waals surface area contributed by atoms with Gasteiger partial charge in [-0.1, -0.05) is 23.8 Å². The molecule has 1 amide bonds. The Balaban J connectivity index is 2.15. The minimum atomic E-state index is -4.37. The molecular formula is C18H23F3N2O. The molecule has 24 heavy (non-hydrogen) atoms. The number of nitrogens with zero attached hydrogens (tertiary/aromatic N) is 2. The number of hydrogen-bond donors (Lipinski definition) is 0. The molecule has 1 aromatic rings. The van der Waals surface area contributed by atoms with E-state index in [1.807, 2.05) is 19.0 Å². The Labute approximate surface area is 140 Å². The molecule has 0 N–H and O–H groups in total. The van der Waals surface area contributed by atoms with Gasteiger partial charge in [-0.15, -0.1) is 0 Å². The molecule has 3 nitrogen and oxygen atoms in total. The number of carbonyl (C=O) groups is 1. The molecule has 6 heteroatoms. The largest absolute Gasteiger partial charge is 0.417 e. The van der Waals surface area contributed by atoms with Gasteiger partial charge < -0.3 is 9.80 Å². The predicted molar refractivity (Wildman–Crippen MR) is 88.5 cm³/mol. The Morgan fingerprint density at radius 1 is 1.29 bits per heavy atom. The molecule has 0 saturated heterocycles. The van der Waals surface area contributed by atoms with Crippen LogP contribution in [0.25, 0.3) is 5.57 Å². The summed E-state index contributed by atoms with van der Waals surface area (Å²) in [7, 11) is 3.80. The predicted octanol–water partition coefficient (Wildman–Crippen LogP) is 3.58. The second-order valence-corrected chi connectivity index (χ2v) is 6.42. The summed E-state index contributed by atoms with van der Waals surface area (Å²) >= 11 is 0. The third kappa shape index (κ3) is 4.60. The van der Waals surface area contributed by atoms with Crippen molar-refractivity contribution in [2.24, 2.45) is 0 Å². The van der Waals surface area contributed by atoms with E-state index in [2.05, 4.69) is 0 Å². The average Bonchev–Trinajstić information content (AvgIpc) is 2.52. The summed E-state index contributed by atoms with van der Waals surface area (Å²) in [6.07, 6.45) is -1.76. The van der Waals surface area contributed by atoms with Gasteiger partial charge in [-0.05, 0) is 44.6 Å². The van der Waals surface area contributed by atoms with Crippen LogP contribution in [-0.2, 0) is 11.0 Å². The van der Waals surface area contributed by atoms with Crippen LogP contribution in [0.5, 0.6) is 0 Å². The molecule has 0 bridgehead atoms. The van der Waals surface area contributed by atoms with E-state index in [9.17, 15) is 18.0 Å². The standard InChI is InChI=1S/C18H23F3N2O/c1-13-4-5-15(16(12-13)18(19,20)21)14-6-10-23(11-7-14)17(24)8-9-22(2)3/h4-6,12H,7-11H2,1-3H3. The van der Waals surface area contributed by atoms with E-state index < -0.39 is 11.7 Å². The van der Waals surface area contributed by atoms with E-state index in [0.717, 1.165) is 0 Å². The normalized spacial score (nSPS) is 15.6. The third-order valence-corrected chi connectivity index (χ3v) is 4.16. The van der Waals surface area contributed by atoms with Crippen molar-refractivity contribution in [3.05, 3.63) is 41.0 Å². The van der Waals surface area contributed by atoms with Crippen molar-refractivity contribution in [1.82, 2.24) is 9.80 Å². The lowest BCUT2D eigenvalue weighted by Gasteiger charge is -2.28. The van der Waals surface area contributed by atoms with Gasteiger partial charge in [0.05, 0.1) is 5.56 Å². The summed E-state index contributed by atoms with van der Waals surface area (Å²) in [4.78, 5) is 15.7. The van der Waals surface area contributed by atoms with Gasteiger partial charge >= 0.3 is 6.18 Å². The molecule has 132 valence electrons. The molecule has 0 aliphatic carbocycles. The maximum Gasteiger partial charge on any atom is 0.417 e. The minimum absolute atomic E-state index is 0.0407. The third-order valence-electron chi connectivity index (χ3n) is 4.16. The monoisotopic (exact) mass is 340 g/mol. The highest BCUT2D eigenvalue weighted by atomic mass is 19.4. The Kier molecular flexibility index (Phi) is 5.70. The first-order chi connectivity index (χ1) is 11.2. The highest BCUT2D eigenvalue weighted by Gasteiger charge is 2.34. The zero-order valence-corrected chi connectivity index (χ0v) is 14.3. The van der Waals surface area contributed by atoms with Crippen LogP contribution in [0.2, 0.25) is 0 Å². The van der Waals surface area contributed by atoms with Crippen LogP contribution in [0.4, 0.5) is 13.2 Å². The van der Waals surface area contributed by atoms with Gasteiger partial charge in [0.2, 0.25) is 5.91 Å². The van der Waals surface area contributed by atoms with Crippen LogP contribution in [0.1, 0.15) is 29.5 Å². The zero-order chi connectivity index (χ0) is 17.9. The minimum Gasteiger partial charge on any atom is -0.339 e. The van der Waals surface area contributed by atoms with Crippen molar-refractivity contribution < 1.29 is 18.0 Å². The van der Waals surface area contributed by atoms with Gasteiger partial charge in [0, 0.05) is 26.1 Å². The van der Waals surface area contributed by atoms with E-state index >= 15 is 0 Å². The van der Waals surface area contributed by atoms with Crippen LogP contribution in [-0.4, -0.2) is 49.4 Å². The van der Waals surface area contributed by atoms with Crippen molar-refractivity contribution in [3.63, 3.8) is 0 Å². The molecule has 0 fully saturated rings. The zero-order valence-electron chi connectivity index (χ0n) is 14.3. The molecule has 0 spiro atoms. The maximum atomic E-state index is 13.3. The fourth-order valence-electron chi connectivity index (χ4n) is 2.79. The SMILES string of the molecule is Cc1ccc(C2=CCN(C(=O)CCN(C)C)CC2)c(C(F)(F)F)c1. The number of hydrogen-bond acceptors (Lipinski definition) is 2. The number of carbonyl (C=O) groups excluding carboxylic acids is 1. The van der Waals surface area contributed by atoms with Crippen LogP contribution in [0.3, 0.4) is 0 Å². The van der Waals surface area contributed by atoms with Gasteiger partial charge in [0.15, 0.2) is 0 Å². The molecule has 1 aliphatic heterocycles. The van der Waals surface area contributed by atoms with E-state index in [4.69, 9.17) is 0 Å². The first kappa shape index (κ1) is 18.5. The average molecular weight is 340 g/mol. The highest BCUT2D eigenvalue weighted by molar-refractivity contribution is 5.79. The number of rotatable bonds is 4. The molecule has 0 saturated carbocycles. The van der Waals surface area contributed by atoms with Crippen molar-refractivity contribution in [3.8, 4) is 0 Å². The van der Waals surface area contributed by atoms with Crippen molar-refractivity contribution in [1.29, 1.82) is 0 Å². The molecule has 0 atom stereocenters. The van der Waals surface area contributed by atoms with Gasteiger partial charge in [0.25, 0.3) is 0 Å². The summed E-state index contributed by atoms with van der Waals surface area (Å²) in [6.45, 7) is 3.15. The summed E-state index contributed by atoms with van der Waals surface area (Å²) in [5.41, 5.74) is 0.886. The maximum absolute atomic E-state index is 13.3. The van der Waals surface area contributed by atoms with Gasteiger partial charge in [-0.25, -0.2) is 0 Å². The fraction of sp³-hybridized carbons (Fsp3) is 0.500. The highest BCUT2D eigenvalue weighted by Crippen LogP contribution is 2.37. The van der Waals surface area contributed by atoms with Gasteiger partial charge in [-0.2, -0.15) is 13.2 Å². The summed E-state index contributed by atoms with van der Waals surface area (Å²) in [6, 6.07) is 4.42. The smallest absolute Gasteiger partial charge is 0.339 e. The molecule has 1 heterocycles. The molecule has 2 rings (SSSR count). The molecular weight excluding hydrogens is 317 g/mol. The Bertz CT molecular complexity index is 636. The van der Waals surface area contributed by atoms with Crippen molar-refractivity contribution in [2.45, 2.75) is 25.9 Å². The lowest BCUT2D eigenvalue weighted by molar-refractivity contribution is -0.138. The second-order valence-electron chi connectivity index (χ2n) is 6.42. The fourth-order valence-corrected chi connectivity index (χ4v) is 2.79. The molecule has 1 aliphatic rings. The lowest BCUT2D eigenvalue weighted by Crippen LogP contribution is -2.36. The van der Waals surface area contributed by atoms with Crippen molar-refractivity contribution >= 4 is 11.5 Å². The number of aryl methyl sites for hydroxylation is 1. The van der Waals surface area contributed by atoms with E-state index in [-0.39, 0.29) is 11.5 Å². The molecule has 1 aromatic carbocycles. The lowest BCUT2D eigenvalue weighted by atomic mass is 9.93. The first-order valence-corrected chi connectivity index (χ1v) is 7.98. The van der Waals surface area contributed by atoms with Gasteiger partial charge in [0.1, 0.15) is 0 Å².